The molecular formula is C23H28N2O4S. The lowest BCUT2D eigenvalue weighted by Gasteiger charge is -2.32. The van der Waals surface area contributed by atoms with E-state index in [4.69, 9.17) is 0 Å². The van der Waals surface area contributed by atoms with Crippen molar-refractivity contribution in [3.8, 4) is 0 Å². The first-order chi connectivity index (χ1) is 14.3. The van der Waals surface area contributed by atoms with Crippen LogP contribution >= 0.6 is 0 Å². The number of likely N-dealkylation sites (tertiary alicyclic amines) is 1. The summed E-state index contributed by atoms with van der Waals surface area (Å²) in [6.07, 6.45) is 1.76. The van der Waals surface area contributed by atoms with E-state index >= 15 is 0 Å². The molecule has 1 heterocycles. The average molecular weight is 429 g/mol. The van der Waals surface area contributed by atoms with E-state index in [1.807, 2.05) is 31.2 Å². The third-order valence-electron chi connectivity index (χ3n) is 5.36. The zero-order valence-corrected chi connectivity index (χ0v) is 18.2. The van der Waals surface area contributed by atoms with Crippen molar-refractivity contribution in [2.75, 3.05) is 18.8 Å². The topological polar surface area (TPSA) is 83.6 Å². The van der Waals surface area contributed by atoms with E-state index in [1.165, 1.54) is 6.07 Å². The molecule has 0 spiro atoms. The summed E-state index contributed by atoms with van der Waals surface area (Å²) in [5.41, 5.74) is 1.96. The standard InChI is InChI=1S/C23H28N2O4S/c1-3-16-30(28,29)21-7-5-4-6-20(21)22(26)24-19-12-14-25(15-13-19)23(27)18-10-8-17(2)9-11-18/h4-11,19H,3,12-16H2,1-2H3,(H,24,26). The fourth-order valence-corrected chi connectivity index (χ4v) is 5.21. The molecule has 160 valence electrons. The molecular weight excluding hydrogens is 400 g/mol. The van der Waals surface area contributed by atoms with Gasteiger partial charge in [0, 0.05) is 24.7 Å². The van der Waals surface area contributed by atoms with Gasteiger partial charge in [0.2, 0.25) is 0 Å². The van der Waals surface area contributed by atoms with Crippen molar-refractivity contribution in [2.24, 2.45) is 0 Å². The Hall–Kier alpha value is -2.67. The molecule has 1 fully saturated rings. The highest BCUT2D eigenvalue weighted by molar-refractivity contribution is 7.91. The van der Waals surface area contributed by atoms with E-state index in [2.05, 4.69) is 5.32 Å². The molecule has 1 N–H and O–H groups in total. The minimum Gasteiger partial charge on any atom is -0.349 e. The Morgan fingerprint density at radius 2 is 1.67 bits per heavy atom. The molecule has 30 heavy (non-hydrogen) atoms. The maximum atomic E-state index is 12.8. The van der Waals surface area contributed by atoms with E-state index in [0.29, 0.717) is 37.9 Å². The second-order valence-corrected chi connectivity index (χ2v) is 9.80. The molecule has 1 aliphatic heterocycles. The first-order valence-corrected chi connectivity index (χ1v) is 12.0. The summed E-state index contributed by atoms with van der Waals surface area (Å²) in [5, 5.41) is 2.96. The van der Waals surface area contributed by atoms with Gasteiger partial charge in [0.25, 0.3) is 11.8 Å². The summed E-state index contributed by atoms with van der Waals surface area (Å²) in [5.74, 6) is -0.374. The number of aryl methyl sites for hydroxylation is 1. The van der Waals surface area contributed by atoms with Crippen molar-refractivity contribution in [2.45, 2.75) is 44.0 Å². The van der Waals surface area contributed by atoms with Crippen LogP contribution in [0.5, 0.6) is 0 Å². The van der Waals surface area contributed by atoms with Crippen molar-refractivity contribution in [3.05, 3.63) is 65.2 Å². The first kappa shape index (κ1) is 22.0. The summed E-state index contributed by atoms with van der Waals surface area (Å²) < 4.78 is 25.0. The Labute approximate surface area is 178 Å². The fourth-order valence-electron chi connectivity index (χ4n) is 3.67. The predicted molar refractivity (Wildman–Crippen MR) is 116 cm³/mol. The van der Waals surface area contributed by atoms with Crippen molar-refractivity contribution in [1.82, 2.24) is 10.2 Å². The van der Waals surface area contributed by atoms with Gasteiger partial charge in [-0.25, -0.2) is 8.42 Å². The van der Waals surface area contributed by atoms with Crippen LogP contribution in [0, 0.1) is 6.92 Å². The third-order valence-corrected chi connectivity index (χ3v) is 7.33. The van der Waals surface area contributed by atoms with Crippen molar-refractivity contribution in [3.63, 3.8) is 0 Å². The number of rotatable bonds is 6. The highest BCUT2D eigenvalue weighted by Crippen LogP contribution is 2.20. The maximum Gasteiger partial charge on any atom is 0.253 e. The summed E-state index contributed by atoms with van der Waals surface area (Å²) in [6.45, 7) is 4.88. The van der Waals surface area contributed by atoms with Gasteiger partial charge in [-0.2, -0.15) is 0 Å². The van der Waals surface area contributed by atoms with Crippen LogP contribution in [0.3, 0.4) is 0 Å². The molecule has 1 saturated heterocycles. The molecule has 2 amide bonds. The summed E-state index contributed by atoms with van der Waals surface area (Å²) in [7, 11) is -3.49. The molecule has 7 heteroatoms. The van der Waals surface area contributed by atoms with Gasteiger partial charge in [0.05, 0.1) is 16.2 Å². The van der Waals surface area contributed by atoms with Crippen molar-refractivity contribution < 1.29 is 18.0 Å². The molecule has 0 radical (unpaired) electrons. The largest absolute Gasteiger partial charge is 0.349 e. The quantitative estimate of drug-likeness (QED) is 0.766. The number of nitrogens with zero attached hydrogens (tertiary/aromatic N) is 1. The van der Waals surface area contributed by atoms with Gasteiger partial charge in [0.1, 0.15) is 0 Å². The summed E-state index contributed by atoms with van der Waals surface area (Å²) >= 11 is 0. The van der Waals surface area contributed by atoms with Gasteiger partial charge in [-0.3, -0.25) is 9.59 Å². The van der Waals surface area contributed by atoms with E-state index in [9.17, 15) is 18.0 Å². The lowest BCUT2D eigenvalue weighted by molar-refractivity contribution is 0.0697. The molecule has 2 aromatic rings. The number of hydrogen-bond donors (Lipinski definition) is 1. The van der Waals surface area contributed by atoms with E-state index in [-0.39, 0.29) is 34.1 Å². The smallest absolute Gasteiger partial charge is 0.253 e. The van der Waals surface area contributed by atoms with Gasteiger partial charge < -0.3 is 10.2 Å². The monoisotopic (exact) mass is 428 g/mol. The number of amides is 2. The zero-order valence-electron chi connectivity index (χ0n) is 17.4. The molecule has 6 nitrogen and oxygen atoms in total. The number of benzene rings is 2. The maximum absolute atomic E-state index is 12.8. The van der Waals surface area contributed by atoms with E-state index in [1.54, 1.807) is 30.0 Å². The number of sulfone groups is 1. The Balaban J connectivity index is 1.62. The third kappa shape index (κ3) is 5.08. The SMILES string of the molecule is CCCS(=O)(=O)c1ccccc1C(=O)NC1CCN(C(=O)c2ccc(C)cc2)CC1. The Morgan fingerprint density at radius 3 is 2.30 bits per heavy atom. The van der Waals surface area contributed by atoms with Gasteiger partial charge in [0.15, 0.2) is 9.84 Å². The van der Waals surface area contributed by atoms with Gasteiger partial charge in [-0.1, -0.05) is 36.8 Å². The summed E-state index contributed by atoms with van der Waals surface area (Å²) in [6, 6.07) is 13.8. The highest BCUT2D eigenvalue weighted by atomic mass is 32.2. The average Bonchev–Trinajstić information content (AvgIpc) is 2.74. The van der Waals surface area contributed by atoms with Crippen LogP contribution in [-0.2, 0) is 9.84 Å². The van der Waals surface area contributed by atoms with Crippen molar-refractivity contribution in [1.29, 1.82) is 0 Å². The van der Waals surface area contributed by atoms with Crippen LogP contribution in [-0.4, -0.2) is 50.0 Å². The number of nitrogens with one attached hydrogen (secondary N) is 1. The highest BCUT2D eigenvalue weighted by Gasteiger charge is 2.27. The second-order valence-electron chi connectivity index (χ2n) is 7.72. The zero-order chi connectivity index (χ0) is 21.7. The normalized spacial score (nSPS) is 15.1. The minimum absolute atomic E-state index is 0.00391. The number of carbonyl (C=O) groups is 2. The van der Waals surface area contributed by atoms with Crippen LogP contribution in [0.15, 0.2) is 53.4 Å². The number of carbonyl (C=O) groups excluding carboxylic acids is 2. The van der Waals surface area contributed by atoms with Gasteiger partial charge in [-0.15, -0.1) is 0 Å². The number of hydrogen-bond acceptors (Lipinski definition) is 4. The Kier molecular flexibility index (Phi) is 6.92. The van der Waals surface area contributed by atoms with Gasteiger partial charge in [-0.05, 0) is 50.5 Å². The van der Waals surface area contributed by atoms with Crippen LogP contribution in [0.2, 0.25) is 0 Å². The lowest BCUT2D eigenvalue weighted by atomic mass is 10.0. The van der Waals surface area contributed by atoms with Gasteiger partial charge >= 0.3 is 0 Å². The predicted octanol–water partition coefficient (Wildman–Crippen LogP) is 3.21. The Bertz CT molecular complexity index is 1010. The van der Waals surface area contributed by atoms with Crippen LogP contribution < -0.4 is 5.32 Å². The lowest BCUT2D eigenvalue weighted by Crippen LogP contribution is -2.46. The van der Waals surface area contributed by atoms with Crippen LogP contribution in [0.4, 0.5) is 0 Å². The minimum atomic E-state index is -3.49. The van der Waals surface area contributed by atoms with E-state index < -0.39 is 9.84 Å². The molecule has 0 unspecified atom stereocenters. The molecule has 0 aliphatic carbocycles. The molecule has 0 aromatic heterocycles. The molecule has 2 aromatic carbocycles. The molecule has 0 bridgehead atoms. The van der Waals surface area contributed by atoms with E-state index in [0.717, 1.165) is 5.56 Å². The first-order valence-electron chi connectivity index (χ1n) is 10.3. The summed E-state index contributed by atoms with van der Waals surface area (Å²) in [4.78, 5) is 27.3. The Morgan fingerprint density at radius 1 is 1.03 bits per heavy atom. The second kappa shape index (κ2) is 9.43. The van der Waals surface area contributed by atoms with Crippen LogP contribution in [0.25, 0.3) is 0 Å². The fraction of sp³-hybridized carbons (Fsp3) is 0.391. The molecule has 3 rings (SSSR count). The number of piperidine rings is 1. The molecule has 1 aliphatic rings. The molecule has 0 saturated carbocycles. The van der Waals surface area contributed by atoms with Crippen LogP contribution in [0.1, 0.15) is 52.5 Å². The molecule has 0 atom stereocenters. The van der Waals surface area contributed by atoms with Crippen molar-refractivity contribution >= 4 is 21.7 Å².